The summed E-state index contributed by atoms with van der Waals surface area (Å²) in [7, 11) is 0. The Kier molecular flexibility index (Phi) is 5.76. The third kappa shape index (κ3) is 4.30. The van der Waals surface area contributed by atoms with Crippen LogP contribution in [-0.2, 0) is 6.54 Å². The van der Waals surface area contributed by atoms with Crippen LogP contribution in [0.4, 0.5) is 5.82 Å². The second kappa shape index (κ2) is 7.79. The average molecular weight is 283 g/mol. The van der Waals surface area contributed by atoms with E-state index in [1.807, 2.05) is 6.20 Å². The molecule has 1 unspecified atom stereocenters. The molecule has 3 heteroatoms. The number of pyridine rings is 1. The van der Waals surface area contributed by atoms with Gasteiger partial charge in [0.05, 0.1) is 0 Å². The Morgan fingerprint density at radius 3 is 2.43 bits per heavy atom. The summed E-state index contributed by atoms with van der Waals surface area (Å²) >= 11 is 0. The number of rotatable bonds is 7. The van der Waals surface area contributed by atoms with Crippen LogP contribution in [0.5, 0.6) is 0 Å². The molecule has 1 aromatic carbocycles. The standard InChI is InChI=1S/C18H25N3/c1-4-19-15(3)17-11-12-18(20-13-17)21(5-2)14-16-9-7-6-8-10-16/h6-13,15,19H,4-5,14H2,1-3H3. The van der Waals surface area contributed by atoms with Gasteiger partial charge < -0.3 is 10.2 Å². The third-order valence-corrected chi connectivity index (χ3v) is 3.70. The topological polar surface area (TPSA) is 28.2 Å². The number of benzene rings is 1. The lowest BCUT2D eigenvalue weighted by Crippen LogP contribution is -2.23. The van der Waals surface area contributed by atoms with E-state index in [2.05, 4.69) is 78.4 Å². The zero-order chi connectivity index (χ0) is 15.1. The molecular formula is C18H25N3. The van der Waals surface area contributed by atoms with Crippen LogP contribution in [0.2, 0.25) is 0 Å². The molecule has 2 aromatic rings. The molecule has 0 aliphatic heterocycles. The first kappa shape index (κ1) is 15.5. The molecule has 1 heterocycles. The molecule has 3 nitrogen and oxygen atoms in total. The van der Waals surface area contributed by atoms with E-state index in [1.54, 1.807) is 0 Å². The number of aromatic nitrogens is 1. The quantitative estimate of drug-likeness (QED) is 0.838. The van der Waals surface area contributed by atoms with Gasteiger partial charge in [0.25, 0.3) is 0 Å². The molecule has 0 saturated heterocycles. The highest BCUT2D eigenvalue weighted by Crippen LogP contribution is 2.17. The first-order valence-corrected chi connectivity index (χ1v) is 7.72. The summed E-state index contributed by atoms with van der Waals surface area (Å²) in [6, 6.07) is 15.2. The number of nitrogens with one attached hydrogen (secondary N) is 1. The maximum atomic E-state index is 4.64. The van der Waals surface area contributed by atoms with Gasteiger partial charge in [-0.05, 0) is 37.6 Å². The van der Waals surface area contributed by atoms with Gasteiger partial charge in [0.1, 0.15) is 5.82 Å². The molecule has 0 fully saturated rings. The first-order chi connectivity index (χ1) is 10.2. The molecule has 21 heavy (non-hydrogen) atoms. The van der Waals surface area contributed by atoms with Gasteiger partial charge in [0.15, 0.2) is 0 Å². The van der Waals surface area contributed by atoms with Crippen LogP contribution in [0.25, 0.3) is 0 Å². The minimum absolute atomic E-state index is 0.348. The SMILES string of the molecule is CCNC(C)c1ccc(N(CC)Cc2ccccc2)nc1. The van der Waals surface area contributed by atoms with Crippen molar-refractivity contribution in [3.63, 3.8) is 0 Å². The molecule has 0 radical (unpaired) electrons. The maximum absolute atomic E-state index is 4.64. The lowest BCUT2D eigenvalue weighted by atomic mass is 10.1. The van der Waals surface area contributed by atoms with Crippen LogP contribution in [0.15, 0.2) is 48.7 Å². The van der Waals surface area contributed by atoms with Crippen molar-refractivity contribution >= 4 is 5.82 Å². The summed E-state index contributed by atoms with van der Waals surface area (Å²) in [5.74, 6) is 1.04. The third-order valence-electron chi connectivity index (χ3n) is 3.70. The Balaban J connectivity index is 2.08. The van der Waals surface area contributed by atoms with E-state index in [1.165, 1.54) is 11.1 Å². The first-order valence-electron chi connectivity index (χ1n) is 7.72. The number of hydrogen-bond donors (Lipinski definition) is 1. The van der Waals surface area contributed by atoms with Gasteiger partial charge in [-0.15, -0.1) is 0 Å². The predicted molar refractivity (Wildman–Crippen MR) is 89.5 cm³/mol. The number of anilines is 1. The lowest BCUT2D eigenvalue weighted by molar-refractivity contribution is 0.596. The summed E-state index contributed by atoms with van der Waals surface area (Å²) < 4.78 is 0. The molecule has 1 N–H and O–H groups in total. The van der Waals surface area contributed by atoms with Gasteiger partial charge >= 0.3 is 0 Å². The highest BCUT2D eigenvalue weighted by Gasteiger charge is 2.08. The molecular weight excluding hydrogens is 258 g/mol. The van der Waals surface area contributed by atoms with Crippen LogP contribution < -0.4 is 10.2 Å². The average Bonchev–Trinajstić information content (AvgIpc) is 2.54. The number of nitrogens with zero attached hydrogens (tertiary/aromatic N) is 2. The van der Waals surface area contributed by atoms with E-state index >= 15 is 0 Å². The molecule has 0 amide bonds. The molecule has 0 aliphatic rings. The fraction of sp³-hybridized carbons (Fsp3) is 0.389. The van der Waals surface area contributed by atoms with Gasteiger partial charge in [0.2, 0.25) is 0 Å². The van der Waals surface area contributed by atoms with Gasteiger partial charge in [-0.1, -0.05) is 43.3 Å². The van der Waals surface area contributed by atoms with Crippen LogP contribution in [0.3, 0.4) is 0 Å². The fourth-order valence-electron chi connectivity index (χ4n) is 2.42. The second-order valence-corrected chi connectivity index (χ2v) is 5.23. The Bertz CT molecular complexity index is 522. The van der Waals surface area contributed by atoms with Crippen LogP contribution >= 0.6 is 0 Å². The largest absolute Gasteiger partial charge is 0.353 e. The molecule has 0 aliphatic carbocycles. The smallest absolute Gasteiger partial charge is 0.128 e. The van der Waals surface area contributed by atoms with Crippen molar-refractivity contribution in [1.29, 1.82) is 0 Å². The van der Waals surface area contributed by atoms with Crippen molar-refractivity contribution in [2.75, 3.05) is 18.0 Å². The van der Waals surface area contributed by atoms with E-state index < -0.39 is 0 Å². The van der Waals surface area contributed by atoms with Crippen molar-refractivity contribution in [3.8, 4) is 0 Å². The lowest BCUT2D eigenvalue weighted by Gasteiger charge is -2.23. The normalized spacial score (nSPS) is 12.1. The molecule has 112 valence electrons. The molecule has 0 spiro atoms. The van der Waals surface area contributed by atoms with Crippen molar-refractivity contribution in [2.24, 2.45) is 0 Å². The van der Waals surface area contributed by atoms with Gasteiger partial charge in [-0.25, -0.2) is 4.98 Å². The monoisotopic (exact) mass is 283 g/mol. The Hall–Kier alpha value is -1.87. The van der Waals surface area contributed by atoms with Gasteiger partial charge in [-0.3, -0.25) is 0 Å². The Labute approximate surface area is 128 Å². The maximum Gasteiger partial charge on any atom is 0.128 e. The Morgan fingerprint density at radius 1 is 1.10 bits per heavy atom. The van der Waals surface area contributed by atoms with E-state index in [9.17, 15) is 0 Å². The molecule has 2 rings (SSSR count). The van der Waals surface area contributed by atoms with Crippen molar-refractivity contribution < 1.29 is 0 Å². The van der Waals surface area contributed by atoms with E-state index in [-0.39, 0.29) is 0 Å². The fourth-order valence-corrected chi connectivity index (χ4v) is 2.42. The zero-order valence-electron chi connectivity index (χ0n) is 13.2. The molecule has 1 atom stereocenters. The summed E-state index contributed by atoms with van der Waals surface area (Å²) in [5, 5.41) is 3.41. The minimum Gasteiger partial charge on any atom is -0.353 e. The van der Waals surface area contributed by atoms with Crippen LogP contribution in [0.1, 0.15) is 37.9 Å². The Morgan fingerprint density at radius 2 is 1.86 bits per heavy atom. The summed E-state index contributed by atoms with van der Waals surface area (Å²) in [4.78, 5) is 6.92. The highest BCUT2D eigenvalue weighted by atomic mass is 15.2. The van der Waals surface area contributed by atoms with Crippen LogP contribution in [-0.4, -0.2) is 18.1 Å². The molecule has 1 aromatic heterocycles. The summed E-state index contributed by atoms with van der Waals surface area (Å²) in [6.45, 7) is 9.27. The van der Waals surface area contributed by atoms with E-state index in [0.717, 1.165) is 25.5 Å². The van der Waals surface area contributed by atoms with Crippen molar-refractivity contribution in [2.45, 2.75) is 33.4 Å². The van der Waals surface area contributed by atoms with Gasteiger partial charge in [0, 0.05) is 25.3 Å². The zero-order valence-corrected chi connectivity index (χ0v) is 13.2. The number of hydrogen-bond acceptors (Lipinski definition) is 3. The van der Waals surface area contributed by atoms with Gasteiger partial charge in [-0.2, -0.15) is 0 Å². The summed E-state index contributed by atoms with van der Waals surface area (Å²) in [6.07, 6.45) is 1.98. The van der Waals surface area contributed by atoms with Crippen LogP contribution in [0, 0.1) is 0 Å². The second-order valence-electron chi connectivity index (χ2n) is 5.23. The van der Waals surface area contributed by atoms with Crippen molar-refractivity contribution in [1.82, 2.24) is 10.3 Å². The highest BCUT2D eigenvalue weighted by molar-refractivity contribution is 5.40. The summed E-state index contributed by atoms with van der Waals surface area (Å²) in [5.41, 5.74) is 2.54. The van der Waals surface area contributed by atoms with E-state index in [0.29, 0.717) is 6.04 Å². The molecule has 0 bridgehead atoms. The predicted octanol–water partition coefficient (Wildman–Crippen LogP) is 3.78. The van der Waals surface area contributed by atoms with Crippen molar-refractivity contribution in [3.05, 3.63) is 59.8 Å². The minimum atomic E-state index is 0.348. The van der Waals surface area contributed by atoms with E-state index in [4.69, 9.17) is 0 Å². The molecule has 0 saturated carbocycles.